The van der Waals surface area contributed by atoms with E-state index in [1.54, 1.807) is 0 Å². The van der Waals surface area contributed by atoms with Crippen LogP contribution in [0.5, 0.6) is 0 Å². The van der Waals surface area contributed by atoms with Crippen LogP contribution in [0.2, 0.25) is 0 Å². The number of nitrogens with one attached hydrogen (secondary N) is 1. The van der Waals surface area contributed by atoms with Crippen LogP contribution >= 0.6 is 0 Å². The lowest BCUT2D eigenvalue weighted by Crippen LogP contribution is -2.57. The number of β-amino-alcohol motifs (C(OH)–C–C–N with tert-alkyl or cyclic N) is 1. The number of nitrogens with zero attached hydrogens (tertiary/aromatic N) is 2. The summed E-state index contributed by atoms with van der Waals surface area (Å²) in [7, 11) is 1.87. The van der Waals surface area contributed by atoms with Crippen molar-refractivity contribution in [3.8, 4) is 0 Å². The number of hydrogen-bond acceptors (Lipinski definition) is 4. The summed E-state index contributed by atoms with van der Waals surface area (Å²) < 4.78 is 0. The molecule has 19 heavy (non-hydrogen) atoms. The number of hydrogen-bond donors (Lipinski definition) is 2. The Bertz CT molecular complexity index is 284. The molecule has 0 aromatic rings. The predicted molar refractivity (Wildman–Crippen MR) is 77.0 cm³/mol. The summed E-state index contributed by atoms with van der Waals surface area (Å²) in [5.41, 5.74) is 0. The minimum atomic E-state index is -0.306. The summed E-state index contributed by atoms with van der Waals surface area (Å²) in [4.78, 5) is 16.6. The van der Waals surface area contributed by atoms with Gasteiger partial charge in [0.15, 0.2) is 0 Å². The Morgan fingerprint density at radius 1 is 1.42 bits per heavy atom. The first-order chi connectivity index (χ1) is 8.99. The maximum Gasteiger partial charge on any atom is 0.226 e. The van der Waals surface area contributed by atoms with Gasteiger partial charge in [0.1, 0.15) is 0 Å². The van der Waals surface area contributed by atoms with E-state index >= 15 is 0 Å². The van der Waals surface area contributed by atoms with Crippen LogP contribution < -0.4 is 5.32 Å². The van der Waals surface area contributed by atoms with Crippen LogP contribution in [0.3, 0.4) is 0 Å². The highest BCUT2D eigenvalue weighted by atomic mass is 16.3. The summed E-state index contributed by atoms with van der Waals surface area (Å²) in [6, 6.07) is 0.370. The average Bonchev–Trinajstić information content (AvgIpc) is 2.38. The number of carbonyl (C=O) groups is 1. The van der Waals surface area contributed by atoms with E-state index in [0.717, 1.165) is 32.6 Å². The third kappa shape index (κ3) is 4.75. The maximum atomic E-state index is 12.3. The van der Waals surface area contributed by atoms with Gasteiger partial charge in [-0.3, -0.25) is 9.69 Å². The molecule has 1 aliphatic rings. The molecule has 3 atom stereocenters. The van der Waals surface area contributed by atoms with Crippen molar-refractivity contribution >= 4 is 5.91 Å². The van der Waals surface area contributed by atoms with Gasteiger partial charge in [-0.15, -0.1) is 0 Å². The van der Waals surface area contributed by atoms with E-state index in [1.807, 2.05) is 25.8 Å². The molecule has 1 heterocycles. The minimum Gasteiger partial charge on any atom is -0.392 e. The first kappa shape index (κ1) is 16.4. The monoisotopic (exact) mass is 271 g/mol. The molecular formula is C14H29N3O2. The Morgan fingerprint density at radius 2 is 2.11 bits per heavy atom. The van der Waals surface area contributed by atoms with Gasteiger partial charge in [-0.2, -0.15) is 0 Å². The van der Waals surface area contributed by atoms with Gasteiger partial charge < -0.3 is 15.3 Å². The summed E-state index contributed by atoms with van der Waals surface area (Å²) in [5, 5.41) is 12.6. The molecule has 1 amide bonds. The number of rotatable bonds is 6. The average molecular weight is 271 g/mol. The fraction of sp³-hybridized carbons (Fsp3) is 0.929. The standard InChI is InChI=1S/C14H29N3O2/c1-5-13-10-17(14(19)11(2)8-15-4)7-6-16(13)9-12(3)18/h11-13,15,18H,5-10H2,1-4H3. The number of carbonyl (C=O) groups excluding carboxylic acids is 1. The maximum absolute atomic E-state index is 12.3. The molecule has 1 aliphatic heterocycles. The van der Waals surface area contributed by atoms with Crippen LogP contribution in [0.15, 0.2) is 0 Å². The largest absolute Gasteiger partial charge is 0.392 e. The van der Waals surface area contributed by atoms with Gasteiger partial charge >= 0.3 is 0 Å². The second-order valence-corrected chi connectivity index (χ2v) is 5.65. The van der Waals surface area contributed by atoms with Crippen LogP contribution in [-0.4, -0.2) is 72.7 Å². The van der Waals surface area contributed by atoms with E-state index in [2.05, 4.69) is 17.1 Å². The zero-order valence-electron chi connectivity index (χ0n) is 12.7. The van der Waals surface area contributed by atoms with Crippen LogP contribution in [-0.2, 0) is 4.79 Å². The van der Waals surface area contributed by atoms with Crippen molar-refractivity contribution in [1.82, 2.24) is 15.1 Å². The van der Waals surface area contributed by atoms with Crippen molar-refractivity contribution in [1.29, 1.82) is 0 Å². The molecule has 2 N–H and O–H groups in total. The second kappa shape index (κ2) is 7.82. The first-order valence-corrected chi connectivity index (χ1v) is 7.35. The lowest BCUT2D eigenvalue weighted by molar-refractivity contribution is -0.138. The van der Waals surface area contributed by atoms with Gasteiger partial charge in [0.2, 0.25) is 5.91 Å². The second-order valence-electron chi connectivity index (χ2n) is 5.65. The van der Waals surface area contributed by atoms with Gasteiger partial charge in [-0.25, -0.2) is 0 Å². The van der Waals surface area contributed by atoms with E-state index in [9.17, 15) is 9.90 Å². The number of amides is 1. The molecule has 0 aromatic heterocycles. The molecule has 5 nitrogen and oxygen atoms in total. The van der Waals surface area contributed by atoms with Crippen molar-refractivity contribution < 1.29 is 9.90 Å². The Hall–Kier alpha value is -0.650. The molecular weight excluding hydrogens is 242 g/mol. The van der Waals surface area contributed by atoms with Crippen molar-refractivity contribution in [3.05, 3.63) is 0 Å². The summed E-state index contributed by atoms with van der Waals surface area (Å²) in [6.45, 7) is 9.79. The molecule has 1 fully saturated rings. The van der Waals surface area contributed by atoms with E-state index in [-0.39, 0.29) is 17.9 Å². The Balaban J connectivity index is 2.56. The van der Waals surface area contributed by atoms with E-state index in [4.69, 9.17) is 0 Å². The minimum absolute atomic E-state index is 0.0332. The van der Waals surface area contributed by atoms with Crippen molar-refractivity contribution in [2.24, 2.45) is 5.92 Å². The number of piperazine rings is 1. The quantitative estimate of drug-likeness (QED) is 0.722. The fourth-order valence-corrected chi connectivity index (χ4v) is 2.77. The van der Waals surface area contributed by atoms with Gasteiger partial charge in [-0.1, -0.05) is 13.8 Å². The molecule has 1 rings (SSSR count). The van der Waals surface area contributed by atoms with Gasteiger partial charge in [0.25, 0.3) is 0 Å². The predicted octanol–water partition coefficient (Wildman–Crippen LogP) is 0.146. The first-order valence-electron chi connectivity index (χ1n) is 7.35. The van der Waals surface area contributed by atoms with E-state index in [0.29, 0.717) is 12.6 Å². The van der Waals surface area contributed by atoms with Crippen LogP contribution in [0.1, 0.15) is 27.2 Å². The summed E-state index contributed by atoms with van der Waals surface area (Å²) >= 11 is 0. The lowest BCUT2D eigenvalue weighted by Gasteiger charge is -2.42. The van der Waals surface area contributed by atoms with Gasteiger partial charge in [-0.05, 0) is 20.4 Å². The molecule has 1 saturated heterocycles. The third-order valence-electron chi connectivity index (χ3n) is 3.82. The zero-order chi connectivity index (χ0) is 14.4. The van der Waals surface area contributed by atoms with Crippen LogP contribution in [0.25, 0.3) is 0 Å². The Labute approximate surface area is 117 Å². The van der Waals surface area contributed by atoms with Crippen molar-refractivity contribution in [2.45, 2.75) is 39.3 Å². The Kier molecular flexibility index (Phi) is 6.75. The summed E-state index contributed by atoms with van der Waals surface area (Å²) in [6.07, 6.45) is 0.705. The Morgan fingerprint density at radius 3 is 2.63 bits per heavy atom. The summed E-state index contributed by atoms with van der Waals surface area (Å²) in [5.74, 6) is 0.273. The smallest absolute Gasteiger partial charge is 0.226 e. The molecule has 0 bridgehead atoms. The zero-order valence-corrected chi connectivity index (χ0v) is 12.7. The number of aliphatic hydroxyl groups excluding tert-OH is 1. The van der Waals surface area contributed by atoms with Crippen LogP contribution in [0, 0.1) is 5.92 Å². The molecule has 112 valence electrons. The van der Waals surface area contributed by atoms with Crippen molar-refractivity contribution in [3.63, 3.8) is 0 Å². The molecule has 0 saturated carbocycles. The fourth-order valence-electron chi connectivity index (χ4n) is 2.77. The van der Waals surface area contributed by atoms with Gasteiger partial charge in [0.05, 0.1) is 6.10 Å². The molecule has 3 unspecified atom stereocenters. The SMILES string of the molecule is CCC1CN(C(=O)C(C)CNC)CCN1CC(C)O. The van der Waals surface area contributed by atoms with E-state index in [1.165, 1.54) is 0 Å². The lowest BCUT2D eigenvalue weighted by atomic mass is 10.1. The molecule has 0 aromatic carbocycles. The normalized spacial score (nSPS) is 24.3. The highest BCUT2D eigenvalue weighted by molar-refractivity contribution is 5.78. The topological polar surface area (TPSA) is 55.8 Å². The molecule has 0 spiro atoms. The third-order valence-corrected chi connectivity index (χ3v) is 3.82. The van der Waals surface area contributed by atoms with Gasteiger partial charge in [0, 0.05) is 44.7 Å². The van der Waals surface area contributed by atoms with E-state index < -0.39 is 0 Å². The number of aliphatic hydroxyl groups is 1. The molecule has 0 radical (unpaired) electrons. The van der Waals surface area contributed by atoms with Crippen LogP contribution in [0.4, 0.5) is 0 Å². The highest BCUT2D eigenvalue weighted by Crippen LogP contribution is 2.15. The van der Waals surface area contributed by atoms with Crippen molar-refractivity contribution in [2.75, 3.05) is 39.8 Å². The molecule has 5 heteroatoms. The molecule has 0 aliphatic carbocycles. The highest BCUT2D eigenvalue weighted by Gasteiger charge is 2.30.